The SMILES string of the molecule is C=C(C)C(=O)OCCOc1cc(OCC)c(OCC)c2ccccc12. The lowest BCUT2D eigenvalue weighted by molar-refractivity contribution is -0.139. The summed E-state index contributed by atoms with van der Waals surface area (Å²) in [6.45, 7) is 10.5. The van der Waals surface area contributed by atoms with Gasteiger partial charge in [-0.2, -0.15) is 0 Å². The van der Waals surface area contributed by atoms with Gasteiger partial charge in [-0.15, -0.1) is 0 Å². The van der Waals surface area contributed by atoms with Gasteiger partial charge in [-0.1, -0.05) is 30.8 Å². The van der Waals surface area contributed by atoms with Crippen LogP contribution < -0.4 is 14.2 Å². The molecule has 0 aliphatic rings. The summed E-state index contributed by atoms with van der Waals surface area (Å²) in [5, 5.41) is 1.84. The minimum Gasteiger partial charge on any atom is -0.490 e. The van der Waals surface area contributed by atoms with E-state index in [0.29, 0.717) is 36.0 Å². The van der Waals surface area contributed by atoms with Crippen molar-refractivity contribution in [2.75, 3.05) is 26.4 Å². The Hall–Kier alpha value is -2.69. The highest BCUT2D eigenvalue weighted by atomic mass is 16.6. The normalized spacial score (nSPS) is 10.4. The zero-order valence-electron chi connectivity index (χ0n) is 15.0. The van der Waals surface area contributed by atoms with Gasteiger partial charge in [0.25, 0.3) is 0 Å². The van der Waals surface area contributed by atoms with E-state index in [4.69, 9.17) is 18.9 Å². The zero-order chi connectivity index (χ0) is 18.2. The van der Waals surface area contributed by atoms with Gasteiger partial charge in [-0.05, 0) is 20.8 Å². The molecule has 0 aromatic heterocycles. The molecule has 0 aliphatic carbocycles. The molecule has 2 aromatic carbocycles. The van der Waals surface area contributed by atoms with Crippen LogP contribution in [0.25, 0.3) is 10.8 Å². The first kappa shape index (κ1) is 18.6. The topological polar surface area (TPSA) is 54.0 Å². The molecule has 0 fully saturated rings. The van der Waals surface area contributed by atoms with Gasteiger partial charge in [0.15, 0.2) is 11.5 Å². The summed E-state index contributed by atoms with van der Waals surface area (Å²) in [7, 11) is 0. The van der Waals surface area contributed by atoms with E-state index in [1.54, 1.807) is 6.92 Å². The smallest absolute Gasteiger partial charge is 0.333 e. The van der Waals surface area contributed by atoms with Crippen LogP contribution in [-0.2, 0) is 9.53 Å². The fourth-order valence-corrected chi connectivity index (χ4v) is 2.38. The third-order valence-corrected chi connectivity index (χ3v) is 3.43. The zero-order valence-corrected chi connectivity index (χ0v) is 15.0. The first-order valence-electron chi connectivity index (χ1n) is 8.35. The molecule has 5 heteroatoms. The van der Waals surface area contributed by atoms with Gasteiger partial charge in [-0.3, -0.25) is 0 Å². The van der Waals surface area contributed by atoms with E-state index in [1.165, 1.54) is 0 Å². The average molecular weight is 344 g/mol. The summed E-state index contributed by atoms with van der Waals surface area (Å²) in [5.74, 6) is 1.59. The molecule has 0 radical (unpaired) electrons. The van der Waals surface area contributed by atoms with Crippen LogP contribution in [0, 0.1) is 0 Å². The lowest BCUT2D eigenvalue weighted by Gasteiger charge is -2.17. The average Bonchev–Trinajstić information content (AvgIpc) is 2.61. The number of hydrogen-bond acceptors (Lipinski definition) is 5. The Kier molecular flexibility index (Phi) is 6.69. The third kappa shape index (κ3) is 4.66. The molecule has 0 heterocycles. The van der Waals surface area contributed by atoms with Crippen molar-refractivity contribution >= 4 is 16.7 Å². The predicted octanol–water partition coefficient (Wildman–Crippen LogP) is 4.14. The van der Waals surface area contributed by atoms with Crippen LogP contribution in [-0.4, -0.2) is 32.4 Å². The molecule has 0 amide bonds. The van der Waals surface area contributed by atoms with Crippen molar-refractivity contribution in [3.8, 4) is 17.2 Å². The number of ether oxygens (including phenoxy) is 4. The van der Waals surface area contributed by atoms with Crippen molar-refractivity contribution in [1.82, 2.24) is 0 Å². The van der Waals surface area contributed by atoms with Crippen LogP contribution in [0.15, 0.2) is 42.5 Å². The molecule has 0 unspecified atom stereocenters. The minimum atomic E-state index is -0.421. The highest BCUT2D eigenvalue weighted by Crippen LogP contribution is 2.41. The van der Waals surface area contributed by atoms with E-state index < -0.39 is 5.97 Å². The fourth-order valence-electron chi connectivity index (χ4n) is 2.38. The van der Waals surface area contributed by atoms with Crippen LogP contribution >= 0.6 is 0 Å². The van der Waals surface area contributed by atoms with Crippen molar-refractivity contribution in [2.24, 2.45) is 0 Å². The summed E-state index contributed by atoms with van der Waals surface area (Å²) in [5.41, 5.74) is 0.366. The largest absolute Gasteiger partial charge is 0.490 e. The second-order valence-electron chi connectivity index (χ2n) is 5.38. The molecule has 134 valence electrons. The number of rotatable bonds is 9. The second-order valence-corrected chi connectivity index (χ2v) is 5.38. The maximum Gasteiger partial charge on any atom is 0.333 e. The molecule has 0 spiro atoms. The summed E-state index contributed by atoms with van der Waals surface area (Å²) in [6, 6.07) is 9.63. The molecule has 0 atom stereocenters. The maximum absolute atomic E-state index is 11.4. The number of fused-ring (bicyclic) bond motifs is 1. The van der Waals surface area contributed by atoms with Crippen LogP contribution in [0.2, 0.25) is 0 Å². The second kappa shape index (κ2) is 8.97. The third-order valence-electron chi connectivity index (χ3n) is 3.43. The van der Waals surface area contributed by atoms with E-state index in [-0.39, 0.29) is 13.2 Å². The lowest BCUT2D eigenvalue weighted by atomic mass is 10.1. The molecular formula is C20H24O5. The Morgan fingerprint density at radius 3 is 2.28 bits per heavy atom. The Balaban J connectivity index is 2.25. The first-order chi connectivity index (χ1) is 12.1. The molecule has 25 heavy (non-hydrogen) atoms. The Morgan fingerprint density at radius 2 is 1.64 bits per heavy atom. The van der Waals surface area contributed by atoms with Gasteiger partial charge in [0.05, 0.1) is 13.2 Å². The predicted molar refractivity (Wildman–Crippen MR) is 97.6 cm³/mol. The lowest BCUT2D eigenvalue weighted by Crippen LogP contribution is -2.12. The van der Waals surface area contributed by atoms with Crippen LogP contribution in [0.1, 0.15) is 20.8 Å². The molecule has 0 bridgehead atoms. The standard InChI is InChI=1S/C20H24O5/c1-5-22-18-13-17(24-11-12-25-20(21)14(3)4)15-9-7-8-10-16(15)19(18)23-6-2/h7-10,13H,3,5-6,11-12H2,1-2,4H3. The van der Waals surface area contributed by atoms with Gasteiger partial charge in [-0.25, -0.2) is 4.79 Å². The molecule has 0 aliphatic heterocycles. The molecule has 2 rings (SSSR count). The first-order valence-corrected chi connectivity index (χ1v) is 8.35. The van der Waals surface area contributed by atoms with Crippen molar-refractivity contribution in [3.63, 3.8) is 0 Å². The Labute approximate surface area is 148 Å². The number of hydrogen-bond donors (Lipinski definition) is 0. The van der Waals surface area contributed by atoms with Crippen LogP contribution in [0.5, 0.6) is 17.2 Å². The number of carbonyl (C=O) groups excluding carboxylic acids is 1. The minimum absolute atomic E-state index is 0.150. The van der Waals surface area contributed by atoms with Gasteiger partial charge < -0.3 is 18.9 Å². The van der Waals surface area contributed by atoms with Crippen molar-refractivity contribution < 1.29 is 23.7 Å². The van der Waals surface area contributed by atoms with E-state index in [1.807, 2.05) is 44.2 Å². The monoisotopic (exact) mass is 344 g/mol. The quantitative estimate of drug-likeness (QED) is 0.389. The summed E-state index contributed by atoms with van der Waals surface area (Å²) in [6.07, 6.45) is 0. The molecule has 0 saturated heterocycles. The Bertz CT molecular complexity index is 751. The number of carbonyl (C=O) groups is 1. The van der Waals surface area contributed by atoms with Crippen molar-refractivity contribution in [3.05, 3.63) is 42.5 Å². The van der Waals surface area contributed by atoms with E-state index in [9.17, 15) is 4.79 Å². The maximum atomic E-state index is 11.4. The highest BCUT2D eigenvalue weighted by Gasteiger charge is 2.15. The molecule has 0 saturated carbocycles. The summed E-state index contributed by atoms with van der Waals surface area (Å²) >= 11 is 0. The van der Waals surface area contributed by atoms with E-state index in [2.05, 4.69) is 6.58 Å². The molecular weight excluding hydrogens is 320 g/mol. The summed E-state index contributed by atoms with van der Waals surface area (Å²) in [4.78, 5) is 11.4. The summed E-state index contributed by atoms with van der Waals surface area (Å²) < 4.78 is 22.4. The van der Waals surface area contributed by atoms with Gasteiger partial charge in [0.2, 0.25) is 0 Å². The highest BCUT2D eigenvalue weighted by molar-refractivity contribution is 5.95. The van der Waals surface area contributed by atoms with E-state index >= 15 is 0 Å². The Morgan fingerprint density at radius 1 is 0.960 bits per heavy atom. The van der Waals surface area contributed by atoms with Gasteiger partial charge in [0.1, 0.15) is 19.0 Å². The number of esters is 1. The van der Waals surface area contributed by atoms with Crippen LogP contribution in [0.4, 0.5) is 0 Å². The molecule has 2 aromatic rings. The van der Waals surface area contributed by atoms with Gasteiger partial charge >= 0.3 is 5.97 Å². The van der Waals surface area contributed by atoms with E-state index in [0.717, 1.165) is 10.8 Å². The molecule has 5 nitrogen and oxygen atoms in total. The molecule has 0 N–H and O–H groups in total. The van der Waals surface area contributed by atoms with Gasteiger partial charge in [0, 0.05) is 22.4 Å². The fraction of sp³-hybridized carbons (Fsp3) is 0.350. The number of benzene rings is 2. The van der Waals surface area contributed by atoms with Crippen molar-refractivity contribution in [1.29, 1.82) is 0 Å². The van der Waals surface area contributed by atoms with Crippen molar-refractivity contribution in [2.45, 2.75) is 20.8 Å². The van der Waals surface area contributed by atoms with Crippen LogP contribution in [0.3, 0.4) is 0 Å².